The first kappa shape index (κ1) is 14.2. The molecule has 4 nitrogen and oxygen atoms in total. The molecule has 0 radical (unpaired) electrons. The van der Waals surface area contributed by atoms with Crippen LogP contribution in [0.15, 0.2) is 30.3 Å². The van der Waals surface area contributed by atoms with Crippen LogP contribution in [-0.2, 0) is 9.59 Å². The summed E-state index contributed by atoms with van der Waals surface area (Å²) in [7, 11) is 0. The Kier molecular flexibility index (Phi) is 3.88. The summed E-state index contributed by atoms with van der Waals surface area (Å²) >= 11 is 0. The predicted octanol–water partition coefficient (Wildman–Crippen LogP) is 2.16. The van der Waals surface area contributed by atoms with Gasteiger partial charge in [-0.05, 0) is 25.5 Å². The maximum atomic E-state index is 13.4. The Labute approximate surface area is 116 Å². The minimum Gasteiger partial charge on any atom is -0.481 e. The van der Waals surface area contributed by atoms with E-state index >= 15 is 0 Å². The molecule has 1 unspecified atom stereocenters. The Morgan fingerprint density at radius 3 is 2.70 bits per heavy atom. The van der Waals surface area contributed by atoms with Gasteiger partial charge in [0.05, 0.1) is 5.41 Å². The molecule has 1 aromatic rings. The van der Waals surface area contributed by atoms with Crippen LogP contribution in [0.2, 0.25) is 0 Å². The van der Waals surface area contributed by atoms with Gasteiger partial charge in [-0.2, -0.15) is 0 Å². The quantitative estimate of drug-likeness (QED) is 0.861. The maximum absolute atomic E-state index is 13.4. The summed E-state index contributed by atoms with van der Waals surface area (Å²) in [5.74, 6) is -1.59. The molecule has 0 bridgehead atoms. The lowest BCUT2D eigenvalue weighted by atomic mass is 9.90. The second-order valence-corrected chi connectivity index (χ2v) is 5.23. The fourth-order valence-electron chi connectivity index (χ4n) is 2.20. The zero-order chi connectivity index (χ0) is 14.8. The second-order valence-electron chi connectivity index (χ2n) is 5.23. The van der Waals surface area contributed by atoms with E-state index < -0.39 is 17.2 Å². The van der Waals surface area contributed by atoms with Gasteiger partial charge in [-0.15, -0.1) is 0 Å². The first-order valence-corrected chi connectivity index (χ1v) is 6.37. The molecule has 1 fully saturated rings. The Morgan fingerprint density at radius 1 is 1.40 bits per heavy atom. The summed E-state index contributed by atoms with van der Waals surface area (Å²) in [6.45, 7) is 2.22. The number of nitrogens with zero attached hydrogens (tertiary/aromatic N) is 1. The molecular weight excluding hydrogens is 261 g/mol. The van der Waals surface area contributed by atoms with Gasteiger partial charge in [-0.25, -0.2) is 4.39 Å². The van der Waals surface area contributed by atoms with Crippen molar-refractivity contribution >= 4 is 18.0 Å². The SMILES string of the molecule is CC1(C(=O)O)CCN(C(=O)/C=C/c2ccccc2F)C1. The summed E-state index contributed by atoms with van der Waals surface area (Å²) in [6.07, 6.45) is 3.13. The molecule has 0 aromatic heterocycles. The van der Waals surface area contributed by atoms with Crippen molar-refractivity contribution < 1.29 is 19.1 Å². The van der Waals surface area contributed by atoms with E-state index in [2.05, 4.69) is 0 Å². The van der Waals surface area contributed by atoms with E-state index in [1.54, 1.807) is 25.1 Å². The number of rotatable bonds is 3. The van der Waals surface area contributed by atoms with Crippen molar-refractivity contribution in [1.29, 1.82) is 0 Å². The van der Waals surface area contributed by atoms with Crippen molar-refractivity contribution in [3.63, 3.8) is 0 Å². The lowest BCUT2D eigenvalue weighted by Crippen LogP contribution is -2.34. The van der Waals surface area contributed by atoms with E-state index in [1.807, 2.05) is 0 Å². The Hall–Kier alpha value is -2.17. The molecule has 1 aliphatic heterocycles. The van der Waals surface area contributed by atoms with Gasteiger partial charge in [0.2, 0.25) is 5.91 Å². The number of carboxylic acid groups (broad SMARTS) is 1. The number of hydrogen-bond acceptors (Lipinski definition) is 2. The molecule has 1 atom stereocenters. The number of carbonyl (C=O) groups excluding carboxylic acids is 1. The highest BCUT2D eigenvalue weighted by atomic mass is 19.1. The smallest absolute Gasteiger partial charge is 0.311 e. The van der Waals surface area contributed by atoms with Gasteiger partial charge in [0.25, 0.3) is 0 Å². The number of benzene rings is 1. The van der Waals surface area contributed by atoms with Crippen molar-refractivity contribution in [3.05, 3.63) is 41.7 Å². The highest BCUT2D eigenvalue weighted by Crippen LogP contribution is 2.30. The predicted molar refractivity (Wildman–Crippen MR) is 72.4 cm³/mol. The average Bonchev–Trinajstić information content (AvgIpc) is 2.82. The van der Waals surface area contributed by atoms with Crippen LogP contribution >= 0.6 is 0 Å². The molecule has 1 aromatic carbocycles. The second kappa shape index (κ2) is 5.45. The molecule has 5 heteroatoms. The monoisotopic (exact) mass is 277 g/mol. The molecular formula is C15H16FNO3. The summed E-state index contributed by atoms with van der Waals surface area (Å²) in [4.78, 5) is 24.6. The zero-order valence-electron chi connectivity index (χ0n) is 11.2. The summed E-state index contributed by atoms with van der Waals surface area (Å²) < 4.78 is 13.4. The molecule has 0 saturated carbocycles. The molecule has 1 aliphatic rings. The molecule has 1 amide bonds. The fraction of sp³-hybridized carbons (Fsp3) is 0.333. The highest BCUT2D eigenvalue weighted by molar-refractivity contribution is 5.92. The van der Waals surface area contributed by atoms with Gasteiger partial charge in [0.1, 0.15) is 5.82 Å². The molecule has 2 rings (SSSR count). The first-order chi connectivity index (χ1) is 9.42. The number of amides is 1. The van der Waals surface area contributed by atoms with E-state index in [-0.39, 0.29) is 12.5 Å². The van der Waals surface area contributed by atoms with Crippen molar-refractivity contribution in [2.24, 2.45) is 5.41 Å². The number of hydrogen-bond donors (Lipinski definition) is 1. The van der Waals surface area contributed by atoms with Crippen LogP contribution in [-0.4, -0.2) is 35.0 Å². The third-order valence-electron chi connectivity index (χ3n) is 3.61. The van der Waals surface area contributed by atoms with Crippen LogP contribution < -0.4 is 0 Å². The van der Waals surface area contributed by atoms with E-state index in [9.17, 15) is 14.0 Å². The number of aliphatic carboxylic acids is 1. The number of carboxylic acids is 1. The fourth-order valence-corrected chi connectivity index (χ4v) is 2.20. The number of carbonyl (C=O) groups is 2. The first-order valence-electron chi connectivity index (χ1n) is 6.37. The van der Waals surface area contributed by atoms with E-state index in [4.69, 9.17) is 5.11 Å². The van der Waals surface area contributed by atoms with Gasteiger partial charge in [-0.3, -0.25) is 9.59 Å². The highest BCUT2D eigenvalue weighted by Gasteiger charge is 2.41. The van der Waals surface area contributed by atoms with Crippen molar-refractivity contribution in [1.82, 2.24) is 4.90 Å². The summed E-state index contributed by atoms with van der Waals surface area (Å²) in [5, 5.41) is 9.11. The van der Waals surface area contributed by atoms with Gasteiger partial charge >= 0.3 is 5.97 Å². The lowest BCUT2D eigenvalue weighted by Gasteiger charge is -2.18. The molecule has 1 heterocycles. The van der Waals surface area contributed by atoms with E-state index in [0.717, 1.165) is 0 Å². The number of halogens is 1. The van der Waals surface area contributed by atoms with E-state index in [0.29, 0.717) is 18.5 Å². The Balaban J connectivity index is 2.04. The minimum absolute atomic E-state index is 0.183. The third kappa shape index (κ3) is 2.87. The zero-order valence-corrected chi connectivity index (χ0v) is 11.2. The van der Waals surface area contributed by atoms with Crippen LogP contribution in [0.5, 0.6) is 0 Å². The lowest BCUT2D eigenvalue weighted by molar-refractivity contribution is -0.147. The standard InChI is InChI=1S/C15H16FNO3/c1-15(14(19)20)8-9-17(10-15)13(18)7-6-11-4-2-3-5-12(11)16/h2-7H,8-10H2,1H3,(H,19,20)/b7-6+. The van der Waals surface area contributed by atoms with Crippen LogP contribution in [0.3, 0.4) is 0 Å². The molecule has 1 N–H and O–H groups in total. The molecule has 20 heavy (non-hydrogen) atoms. The van der Waals surface area contributed by atoms with Crippen molar-refractivity contribution in [2.75, 3.05) is 13.1 Å². The van der Waals surface area contributed by atoms with Gasteiger partial charge in [-0.1, -0.05) is 18.2 Å². The third-order valence-corrected chi connectivity index (χ3v) is 3.61. The van der Waals surface area contributed by atoms with Gasteiger partial charge in [0.15, 0.2) is 0 Å². The normalized spacial score (nSPS) is 22.4. The van der Waals surface area contributed by atoms with E-state index in [1.165, 1.54) is 23.1 Å². The minimum atomic E-state index is -0.897. The van der Waals surface area contributed by atoms with Crippen LogP contribution in [0.1, 0.15) is 18.9 Å². The maximum Gasteiger partial charge on any atom is 0.311 e. The number of likely N-dealkylation sites (tertiary alicyclic amines) is 1. The van der Waals surface area contributed by atoms with Crippen LogP contribution in [0.25, 0.3) is 6.08 Å². The van der Waals surface area contributed by atoms with Crippen LogP contribution in [0, 0.1) is 11.2 Å². The molecule has 0 spiro atoms. The largest absolute Gasteiger partial charge is 0.481 e. The molecule has 106 valence electrons. The summed E-state index contributed by atoms with van der Waals surface area (Å²) in [5.41, 5.74) is -0.553. The van der Waals surface area contributed by atoms with Gasteiger partial charge < -0.3 is 10.0 Å². The summed E-state index contributed by atoms with van der Waals surface area (Å²) in [6, 6.07) is 6.16. The Morgan fingerprint density at radius 2 is 2.10 bits per heavy atom. The Bertz CT molecular complexity index is 570. The average molecular weight is 277 g/mol. The molecule has 0 aliphatic carbocycles. The van der Waals surface area contributed by atoms with Crippen molar-refractivity contribution in [3.8, 4) is 0 Å². The topological polar surface area (TPSA) is 57.6 Å². The van der Waals surface area contributed by atoms with Crippen LogP contribution in [0.4, 0.5) is 4.39 Å². The van der Waals surface area contributed by atoms with Gasteiger partial charge in [0, 0.05) is 24.7 Å². The molecule has 1 saturated heterocycles. The van der Waals surface area contributed by atoms with Crippen molar-refractivity contribution in [2.45, 2.75) is 13.3 Å².